The minimum atomic E-state index is -1.47. The van der Waals surface area contributed by atoms with Gasteiger partial charge in [0.05, 0.1) is 4.92 Å². The zero-order valence-electron chi connectivity index (χ0n) is 10.0. The third kappa shape index (κ3) is 3.17. The quantitative estimate of drug-likeness (QED) is 0.476. The van der Waals surface area contributed by atoms with Crippen LogP contribution in [0.2, 0.25) is 0 Å². The lowest BCUT2D eigenvalue weighted by Gasteiger charge is -2.20. The van der Waals surface area contributed by atoms with Crippen LogP contribution in [0, 0.1) is 21.7 Å². The van der Waals surface area contributed by atoms with Crippen LogP contribution in [0.5, 0.6) is 0 Å². The van der Waals surface area contributed by atoms with Crippen molar-refractivity contribution in [2.45, 2.75) is 6.92 Å². The van der Waals surface area contributed by atoms with Crippen LogP contribution in [0.4, 0.5) is 14.5 Å². The number of nitro groups is 1. The van der Waals surface area contributed by atoms with E-state index in [1.165, 1.54) is 0 Å². The number of nitro benzene ring substituents is 1. The molecule has 0 fully saturated rings. The first-order valence-corrected chi connectivity index (χ1v) is 5.95. The summed E-state index contributed by atoms with van der Waals surface area (Å²) in [5.41, 5.74) is -1.87. The molecule has 0 radical (unpaired) electrons. The molecule has 0 aliphatic heterocycles. The number of nitrogens with zero attached hydrogens (tertiary/aromatic N) is 2. The molecule has 0 atom stereocenters. The number of amides is 1. The van der Waals surface area contributed by atoms with Gasteiger partial charge in [-0.1, -0.05) is 0 Å². The first-order chi connectivity index (χ1) is 8.93. The predicted molar refractivity (Wildman–Crippen MR) is 65.3 cm³/mol. The Morgan fingerprint density at radius 1 is 1.47 bits per heavy atom. The Hall–Kier alpha value is -1.76. The van der Waals surface area contributed by atoms with Crippen molar-refractivity contribution < 1.29 is 18.5 Å². The standard InChI is InChI=1S/C11H11ClF2N2O3/c1-2-15(6-5-12)11(17)9-7(13)3-4-8(10(9)14)16(18)19/h3-4H,2,5-6H2,1H3. The van der Waals surface area contributed by atoms with Gasteiger partial charge in [-0.2, -0.15) is 4.39 Å². The van der Waals surface area contributed by atoms with Gasteiger partial charge in [0.2, 0.25) is 5.82 Å². The molecule has 1 aromatic carbocycles. The molecule has 0 aliphatic rings. The van der Waals surface area contributed by atoms with Gasteiger partial charge in [-0.15, -0.1) is 11.6 Å². The first kappa shape index (κ1) is 15.3. The Morgan fingerprint density at radius 2 is 2.11 bits per heavy atom. The molecule has 8 heteroatoms. The summed E-state index contributed by atoms with van der Waals surface area (Å²) < 4.78 is 27.3. The van der Waals surface area contributed by atoms with Crippen molar-refractivity contribution in [3.63, 3.8) is 0 Å². The summed E-state index contributed by atoms with van der Waals surface area (Å²) in [6, 6.07) is 1.38. The van der Waals surface area contributed by atoms with E-state index in [0.717, 1.165) is 4.90 Å². The third-order valence-corrected chi connectivity index (χ3v) is 2.67. The Kier molecular flexibility index (Phi) is 5.17. The van der Waals surface area contributed by atoms with Gasteiger partial charge in [0.15, 0.2) is 0 Å². The van der Waals surface area contributed by atoms with Crippen molar-refractivity contribution in [1.29, 1.82) is 0 Å². The molecular weight excluding hydrogens is 282 g/mol. The number of rotatable bonds is 5. The molecule has 0 unspecified atom stereocenters. The van der Waals surface area contributed by atoms with Gasteiger partial charge in [-0.05, 0) is 13.0 Å². The average Bonchev–Trinajstić information content (AvgIpc) is 2.35. The van der Waals surface area contributed by atoms with Crippen LogP contribution < -0.4 is 0 Å². The number of halogens is 3. The van der Waals surface area contributed by atoms with Gasteiger partial charge < -0.3 is 4.90 Å². The molecule has 0 aliphatic carbocycles. The van der Waals surface area contributed by atoms with E-state index < -0.39 is 33.7 Å². The highest BCUT2D eigenvalue weighted by Gasteiger charge is 2.28. The van der Waals surface area contributed by atoms with E-state index in [2.05, 4.69) is 0 Å². The van der Waals surface area contributed by atoms with Crippen molar-refractivity contribution in [3.05, 3.63) is 39.4 Å². The Labute approximate surface area is 112 Å². The van der Waals surface area contributed by atoms with Crippen LogP contribution in [0.25, 0.3) is 0 Å². The van der Waals surface area contributed by atoms with Crippen molar-refractivity contribution in [2.24, 2.45) is 0 Å². The molecule has 0 spiro atoms. The lowest BCUT2D eigenvalue weighted by Crippen LogP contribution is -2.34. The van der Waals surface area contributed by atoms with Crippen molar-refractivity contribution in [3.8, 4) is 0 Å². The Morgan fingerprint density at radius 3 is 2.58 bits per heavy atom. The molecule has 1 rings (SSSR count). The van der Waals surface area contributed by atoms with E-state index in [0.29, 0.717) is 12.1 Å². The second-order valence-electron chi connectivity index (χ2n) is 3.59. The fourth-order valence-electron chi connectivity index (χ4n) is 1.54. The normalized spacial score (nSPS) is 10.3. The second-order valence-corrected chi connectivity index (χ2v) is 3.96. The fourth-order valence-corrected chi connectivity index (χ4v) is 1.75. The summed E-state index contributed by atoms with van der Waals surface area (Å²) >= 11 is 5.48. The maximum atomic E-state index is 13.8. The molecule has 19 heavy (non-hydrogen) atoms. The van der Waals surface area contributed by atoms with E-state index in [4.69, 9.17) is 11.6 Å². The van der Waals surface area contributed by atoms with Crippen LogP contribution in [0.3, 0.4) is 0 Å². The Bertz CT molecular complexity index is 511. The van der Waals surface area contributed by atoms with Gasteiger partial charge in [-0.3, -0.25) is 14.9 Å². The van der Waals surface area contributed by atoms with Gasteiger partial charge in [0, 0.05) is 25.0 Å². The number of benzene rings is 1. The van der Waals surface area contributed by atoms with Gasteiger partial charge in [-0.25, -0.2) is 4.39 Å². The lowest BCUT2D eigenvalue weighted by molar-refractivity contribution is -0.387. The van der Waals surface area contributed by atoms with Crippen LogP contribution >= 0.6 is 11.6 Å². The maximum Gasteiger partial charge on any atom is 0.305 e. The lowest BCUT2D eigenvalue weighted by atomic mass is 10.1. The topological polar surface area (TPSA) is 63.5 Å². The molecule has 0 heterocycles. The number of hydrogen-bond acceptors (Lipinski definition) is 3. The molecule has 0 N–H and O–H groups in total. The van der Waals surface area contributed by atoms with Gasteiger partial charge in [0.1, 0.15) is 11.4 Å². The minimum absolute atomic E-state index is 0.0950. The largest absolute Gasteiger partial charge is 0.338 e. The van der Waals surface area contributed by atoms with Crippen molar-refractivity contribution >= 4 is 23.2 Å². The summed E-state index contributed by atoms with van der Waals surface area (Å²) in [7, 11) is 0. The molecular formula is C11H11ClF2N2O3. The molecule has 0 saturated carbocycles. The van der Waals surface area contributed by atoms with E-state index in [9.17, 15) is 23.7 Å². The van der Waals surface area contributed by atoms with E-state index in [-0.39, 0.29) is 19.0 Å². The molecule has 5 nitrogen and oxygen atoms in total. The number of alkyl halides is 1. The number of hydrogen-bond donors (Lipinski definition) is 0. The molecule has 1 aromatic rings. The zero-order chi connectivity index (χ0) is 14.6. The highest BCUT2D eigenvalue weighted by Crippen LogP contribution is 2.24. The van der Waals surface area contributed by atoms with Crippen molar-refractivity contribution in [2.75, 3.05) is 19.0 Å². The smallest absolute Gasteiger partial charge is 0.305 e. The number of carbonyl (C=O) groups excluding carboxylic acids is 1. The highest BCUT2D eigenvalue weighted by molar-refractivity contribution is 6.18. The van der Waals surface area contributed by atoms with Crippen LogP contribution in [-0.4, -0.2) is 34.7 Å². The monoisotopic (exact) mass is 292 g/mol. The third-order valence-electron chi connectivity index (χ3n) is 2.50. The van der Waals surface area contributed by atoms with E-state index >= 15 is 0 Å². The average molecular weight is 293 g/mol. The summed E-state index contributed by atoms with van der Waals surface area (Å²) in [4.78, 5) is 22.6. The summed E-state index contributed by atoms with van der Waals surface area (Å²) in [5.74, 6) is -3.47. The van der Waals surface area contributed by atoms with Gasteiger partial charge in [0.25, 0.3) is 5.91 Å². The molecule has 104 valence electrons. The summed E-state index contributed by atoms with van der Waals surface area (Å²) in [6.07, 6.45) is 0. The molecule has 1 amide bonds. The predicted octanol–water partition coefficient (Wildman–Crippen LogP) is 2.57. The number of carbonyl (C=O) groups is 1. The van der Waals surface area contributed by atoms with Crippen LogP contribution in [0.1, 0.15) is 17.3 Å². The fraction of sp³-hybridized carbons (Fsp3) is 0.364. The van der Waals surface area contributed by atoms with E-state index in [1.54, 1.807) is 6.92 Å². The molecule has 0 bridgehead atoms. The summed E-state index contributed by atoms with van der Waals surface area (Å²) in [5, 5.41) is 10.6. The zero-order valence-corrected chi connectivity index (χ0v) is 10.8. The first-order valence-electron chi connectivity index (χ1n) is 5.41. The summed E-state index contributed by atoms with van der Waals surface area (Å²) in [6.45, 7) is 1.89. The Balaban J connectivity index is 3.29. The van der Waals surface area contributed by atoms with Gasteiger partial charge >= 0.3 is 5.69 Å². The maximum absolute atomic E-state index is 13.8. The minimum Gasteiger partial charge on any atom is -0.338 e. The molecule has 0 aromatic heterocycles. The van der Waals surface area contributed by atoms with E-state index in [1.807, 2.05) is 0 Å². The van der Waals surface area contributed by atoms with Crippen LogP contribution in [0.15, 0.2) is 12.1 Å². The molecule has 0 saturated heterocycles. The van der Waals surface area contributed by atoms with Crippen LogP contribution in [-0.2, 0) is 0 Å². The SMILES string of the molecule is CCN(CCCl)C(=O)c1c(F)ccc([N+](=O)[O-])c1F. The second kappa shape index (κ2) is 6.42. The van der Waals surface area contributed by atoms with Crippen molar-refractivity contribution in [1.82, 2.24) is 4.90 Å². The highest BCUT2D eigenvalue weighted by atomic mass is 35.5.